The summed E-state index contributed by atoms with van der Waals surface area (Å²) in [6, 6.07) is 16.1. The normalized spacial score (nSPS) is 13.9. The number of anilines is 1. The van der Waals surface area contributed by atoms with Crippen LogP contribution in [0.3, 0.4) is 0 Å². The van der Waals surface area contributed by atoms with Crippen LogP contribution in [0.2, 0.25) is 0 Å². The molecule has 1 aliphatic rings. The van der Waals surface area contributed by atoms with Gasteiger partial charge in [-0.25, -0.2) is 0 Å². The molecule has 0 aromatic heterocycles. The van der Waals surface area contributed by atoms with Gasteiger partial charge in [-0.3, -0.25) is 9.79 Å². The number of aryl methyl sites for hydroxylation is 1. The van der Waals surface area contributed by atoms with Crippen molar-refractivity contribution in [1.82, 2.24) is 5.32 Å². The van der Waals surface area contributed by atoms with E-state index in [1.54, 1.807) is 0 Å². The van der Waals surface area contributed by atoms with Gasteiger partial charge in [0, 0.05) is 18.3 Å². The second kappa shape index (κ2) is 9.07. The molecule has 2 aromatic rings. The summed E-state index contributed by atoms with van der Waals surface area (Å²) in [6.45, 7) is 2.69. The van der Waals surface area contributed by atoms with E-state index in [0.29, 0.717) is 24.3 Å². The predicted octanol–water partition coefficient (Wildman–Crippen LogP) is 2.62. The summed E-state index contributed by atoms with van der Waals surface area (Å²) in [4.78, 5) is 16.0. The maximum atomic E-state index is 11.6. The fraction of sp³-hybridized carbons (Fsp3) is 0.333. The van der Waals surface area contributed by atoms with Gasteiger partial charge < -0.3 is 21.1 Å². The Labute approximate surface area is 159 Å². The monoisotopic (exact) mass is 366 g/mol. The zero-order chi connectivity index (χ0) is 19.1. The van der Waals surface area contributed by atoms with E-state index in [9.17, 15) is 4.79 Å². The molecule has 1 saturated carbocycles. The second-order valence-corrected chi connectivity index (χ2v) is 6.78. The van der Waals surface area contributed by atoms with Crippen molar-refractivity contribution in [2.45, 2.75) is 32.2 Å². The van der Waals surface area contributed by atoms with Crippen LogP contribution >= 0.6 is 0 Å². The van der Waals surface area contributed by atoms with Crippen LogP contribution in [0.4, 0.5) is 5.69 Å². The summed E-state index contributed by atoms with van der Waals surface area (Å²) in [7, 11) is 0. The Bertz CT molecular complexity index is 781. The molecule has 1 fully saturated rings. The molecule has 3 rings (SSSR count). The van der Waals surface area contributed by atoms with Gasteiger partial charge in [-0.15, -0.1) is 0 Å². The number of hydrogen-bond acceptors (Lipinski definition) is 3. The van der Waals surface area contributed by atoms with E-state index in [-0.39, 0.29) is 12.5 Å². The van der Waals surface area contributed by atoms with Crippen LogP contribution in [0.15, 0.2) is 53.5 Å². The number of carbonyl (C=O) groups excluding carboxylic acids is 1. The number of guanidine groups is 1. The van der Waals surface area contributed by atoms with E-state index in [4.69, 9.17) is 10.5 Å². The number of amides is 1. The quantitative estimate of drug-likeness (QED) is 0.495. The topological polar surface area (TPSA) is 88.7 Å². The molecule has 0 aliphatic heterocycles. The third kappa shape index (κ3) is 6.66. The molecule has 0 radical (unpaired) electrons. The van der Waals surface area contributed by atoms with Crippen LogP contribution in [0.25, 0.3) is 0 Å². The van der Waals surface area contributed by atoms with Crippen molar-refractivity contribution in [1.29, 1.82) is 0 Å². The minimum Gasteiger partial charge on any atom is -0.484 e. The number of hydrogen-bond donors (Lipinski definition) is 3. The smallest absolute Gasteiger partial charge is 0.258 e. The molecular weight excluding hydrogens is 340 g/mol. The average molecular weight is 366 g/mol. The largest absolute Gasteiger partial charge is 0.484 e. The van der Waals surface area contributed by atoms with E-state index in [0.717, 1.165) is 30.5 Å². The first-order chi connectivity index (χ1) is 13.1. The number of carbonyl (C=O) groups is 1. The van der Waals surface area contributed by atoms with Crippen molar-refractivity contribution in [3.63, 3.8) is 0 Å². The lowest BCUT2D eigenvalue weighted by molar-refractivity contribution is -0.123. The van der Waals surface area contributed by atoms with Gasteiger partial charge in [0.2, 0.25) is 0 Å². The Kier molecular flexibility index (Phi) is 6.30. The highest BCUT2D eigenvalue weighted by Gasteiger charge is 2.23. The van der Waals surface area contributed by atoms with Gasteiger partial charge in [0.25, 0.3) is 5.91 Å². The lowest BCUT2D eigenvalue weighted by atomic mass is 10.1. The van der Waals surface area contributed by atoms with Crippen LogP contribution in [0, 0.1) is 6.92 Å². The van der Waals surface area contributed by atoms with Gasteiger partial charge in [0.15, 0.2) is 12.6 Å². The van der Waals surface area contributed by atoms with Gasteiger partial charge >= 0.3 is 0 Å². The highest BCUT2D eigenvalue weighted by molar-refractivity contribution is 5.92. The maximum Gasteiger partial charge on any atom is 0.258 e. The molecule has 6 nitrogen and oxygen atoms in total. The number of nitrogens with one attached hydrogen (secondary N) is 2. The van der Waals surface area contributed by atoms with E-state index in [1.807, 2.05) is 55.5 Å². The number of nitrogens with zero attached hydrogens (tertiary/aromatic N) is 1. The van der Waals surface area contributed by atoms with E-state index >= 15 is 0 Å². The molecule has 0 bridgehead atoms. The molecule has 27 heavy (non-hydrogen) atoms. The van der Waals surface area contributed by atoms with E-state index in [2.05, 4.69) is 15.6 Å². The molecule has 0 spiro atoms. The van der Waals surface area contributed by atoms with Gasteiger partial charge in [0.1, 0.15) is 5.75 Å². The van der Waals surface area contributed by atoms with Crippen molar-refractivity contribution >= 4 is 17.6 Å². The minimum absolute atomic E-state index is 0.0569. The van der Waals surface area contributed by atoms with Gasteiger partial charge in [-0.2, -0.15) is 0 Å². The third-order valence-corrected chi connectivity index (χ3v) is 4.24. The number of benzene rings is 2. The van der Waals surface area contributed by atoms with E-state index in [1.165, 1.54) is 5.56 Å². The summed E-state index contributed by atoms with van der Waals surface area (Å²) in [5.74, 6) is 1.03. The van der Waals surface area contributed by atoms with Crippen LogP contribution in [0.5, 0.6) is 5.75 Å². The highest BCUT2D eigenvalue weighted by Crippen LogP contribution is 2.18. The van der Waals surface area contributed by atoms with Crippen molar-refractivity contribution < 1.29 is 9.53 Å². The fourth-order valence-corrected chi connectivity index (χ4v) is 2.53. The van der Waals surface area contributed by atoms with Crippen LogP contribution in [-0.2, 0) is 11.2 Å². The number of nitrogens with two attached hydrogens (primary N) is 1. The lowest BCUT2D eigenvalue weighted by Crippen LogP contribution is -2.30. The standard InChI is InChI=1S/C21H26N4O2/c1-15-2-6-18(7-3-15)25-21(22)23-13-12-16-4-10-19(11-5-16)27-14-20(26)24-17-8-9-17/h2-7,10-11,17H,8-9,12-14H2,1H3,(H,24,26)(H3,22,23,25). The summed E-state index contributed by atoms with van der Waals surface area (Å²) in [5.41, 5.74) is 9.18. The Balaban J connectivity index is 1.39. The molecule has 0 heterocycles. The van der Waals surface area contributed by atoms with Crippen molar-refractivity contribution in [3.8, 4) is 5.75 Å². The number of rotatable bonds is 8. The molecule has 6 heteroatoms. The van der Waals surface area contributed by atoms with Crippen molar-refractivity contribution in [2.24, 2.45) is 10.7 Å². The SMILES string of the molecule is Cc1ccc(NC(N)=NCCc2ccc(OCC(=O)NC3CC3)cc2)cc1. The van der Waals surface area contributed by atoms with Crippen molar-refractivity contribution in [3.05, 3.63) is 59.7 Å². The summed E-state index contributed by atoms with van der Waals surface area (Å²) in [6.07, 6.45) is 2.93. The molecule has 0 atom stereocenters. The highest BCUT2D eigenvalue weighted by atomic mass is 16.5. The Morgan fingerprint density at radius 2 is 1.85 bits per heavy atom. The van der Waals surface area contributed by atoms with Gasteiger partial charge in [0.05, 0.1) is 0 Å². The van der Waals surface area contributed by atoms with Crippen LogP contribution in [-0.4, -0.2) is 31.1 Å². The zero-order valence-electron chi connectivity index (χ0n) is 15.6. The van der Waals surface area contributed by atoms with Crippen LogP contribution < -0.4 is 21.1 Å². The Morgan fingerprint density at radius 3 is 2.52 bits per heavy atom. The van der Waals surface area contributed by atoms with Crippen molar-refractivity contribution in [2.75, 3.05) is 18.5 Å². The molecule has 1 amide bonds. The molecule has 0 unspecified atom stereocenters. The lowest BCUT2D eigenvalue weighted by Gasteiger charge is -2.08. The van der Waals surface area contributed by atoms with Crippen LogP contribution in [0.1, 0.15) is 24.0 Å². The average Bonchev–Trinajstić information content (AvgIpc) is 3.47. The first-order valence-corrected chi connectivity index (χ1v) is 9.23. The predicted molar refractivity (Wildman–Crippen MR) is 108 cm³/mol. The summed E-state index contributed by atoms with van der Waals surface area (Å²) >= 11 is 0. The molecule has 2 aromatic carbocycles. The number of ether oxygens (including phenoxy) is 1. The minimum atomic E-state index is -0.0625. The zero-order valence-corrected chi connectivity index (χ0v) is 15.6. The maximum absolute atomic E-state index is 11.6. The first-order valence-electron chi connectivity index (χ1n) is 9.23. The fourth-order valence-electron chi connectivity index (χ4n) is 2.53. The first kappa shape index (κ1) is 18.8. The Hall–Kier alpha value is -3.02. The molecule has 0 saturated heterocycles. The van der Waals surface area contributed by atoms with Gasteiger partial charge in [-0.1, -0.05) is 29.8 Å². The second-order valence-electron chi connectivity index (χ2n) is 6.78. The van der Waals surface area contributed by atoms with Gasteiger partial charge in [-0.05, 0) is 56.0 Å². The molecule has 1 aliphatic carbocycles. The third-order valence-electron chi connectivity index (χ3n) is 4.24. The summed E-state index contributed by atoms with van der Waals surface area (Å²) in [5, 5.41) is 5.98. The number of aliphatic imine (C=N–C) groups is 1. The molecular formula is C21H26N4O2. The Morgan fingerprint density at radius 1 is 1.15 bits per heavy atom. The summed E-state index contributed by atoms with van der Waals surface area (Å²) < 4.78 is 5.50. The van der Waals surface area contributed by atoms with E-state index < -0.39 is 0 Å². The molecule has 4 N–H and O–H groups in total. The molecule has 142 valence electrons.